The molecule has 0 saturated heterocycles. The molecule has 0 aliphatic rings. The number of rotatable bonds is 4. The van der Waals surface area contributed by atoms with E-state index in [0.717, 1.165) is 18.4 Å². The highest BCUT2D eigenvalue weighted by Gasteiger charge is 2.14. The molecular weight excluding hydrogens is 198 g/mol. The number of hydrogen-bond donors (Lipinski definition) is 1. The van der Waals surface area contributed by atoms with Crippen LogP contribution in [-0.2, 0) is 0 Å². The van der Waals surface area contributed by atoms with E-state index in [9.17, 15) is 0 Å². The van der Waals surface area contributed by atoms with E-state index in [1.165, 1.54) is 10.9 Å². The average molecular weight is 213 g/mol. The number of para-hydroxylation sites is 1. The van der Waals surface area contributed by atoms with Crippen molar-refractivity contribution in [3.05, 3.63) is 36.1 Å². The lowest BCUT2D eigenvalue weighted by Crippen LogP contribution is -2.15. The molecule has 0 bridgehead atoms. The predicted octanol–water partition coefficient (Wildman–Crippen LogP) is 3.11. The van der Waals surface area contributed by atoms with Crippen LogP contribution in [0.3, 0.4) is 0 Å². The summed E-state index contributed by atoms with van der Waals surface area (Å²) >= 11 is 0. The lowest BCUT2D eigenvalue weighted by molar-refractivity contribution is 0.541. The number of terminal acetylenes is 1. The van der Waals surface area contributed by atoms with Crippen LogP contribution < -0.4 is 5.32 Å². The van der Waals surface area contributed by atoms with Gasteiger partial charge in [-0.15, -0.1) is 12.3 Å². The summed E-state index contributed by atoms with van der Waals surface area (Å²) in [5, 5.41) is 4.44. The molecule has 1 atom stereocenters. The summed E-state index contributed by atoms with van der Waals surface area (Å²) in [4.78, 5) is 0. The molecule has 1 N–H and O–H groups in total. The summed E-state index contributed by atoms with van der Waals surface area (Å²) < 4.78 is 5.52. The van der Waals surface area contributed by atoms with Gasteiger partial charge in [-0.25, -0.2) is 0 Å². The fourth-order valence-corrected chi connectivity index (χ4v) is 1.95. The van der Waals surface area contributed by atoms with Crippen molar-refractivity contribution >= 4 is 11.0 Å². The zero-order valence-corrected chi connectivity index (χ0v) is 9.36. The third kappa shape index (κ3) is 1.95. The molecule has 2 rings (SSSR count). The maximum absolute atomic E-state index is 5.52. The maximum atomic E-state index is 5.52. The van der Waals surface area contributed by atoms with Crippen molar-refractivity contribution in [2.45, 2.75) is 18.9 Å². The van der Waals surface area contributed by atoms with Gasteiger partial charge < -0.3 is 9.73 Å². The Labute approximate surface area is 95.6 Å². The minimum atomic E-state index is 0.264. The molecule has 0 fully saturated rings. The Bertz CT molecular complexity index is 507. The van der Waals surface area contributed by atoms with E-state index in [1.807, 2.05) is 31.5 Å². The fraction of sp³-hybridized carbons (Fsp3) is 0.286. The first-order valence-corrected chi connectivity index (χ1v) is 5.43. The number of furan rings is 1. The smallest absolute Gasteiger partial charge is 0.134 e. The van der Waals surface area contributed by atoms with Crippen LogP contribution in [-0.4, -0.2) is 7.05 Å². The quantitative estimate of drug-likeness (QED) is 0.789. The van der Waals surface area contributed by atoms with E-state index in [-0.39, 0.29) is 6.04 Å². The maximum Gasteiger partial charge on any atom is 0.134 e. The molecule has 16 heavy (non-hydrogen) atoms. The highest BCUT2D eigenvalue weighted by atomic mass is 16.3. The van der Waals surface area contributed by atoms with Crippen LogP contribution in [0.2, 0.25) is 0 Å². The number of nitrogens with one attached hydrogen (secondary N) is 1. The second-order valence-corrected chi connectivity index (χ2v) is 3.77. The fourth-order valence-electron chi connectivity index (χ4n) is 1.95. The van der Waals surface area contributed by atoms with Gasteiger partial charge in [-0.05, 0) is 19.5 Å². The summed E-state index contributed by atoms with van der Waals surface area (Å²) in [6.45, 7) is 0. The molecule has 1 unspecified atom stereocenters. The Morgan fingerprint density at radius 2 is 2.25 bits per heavy atom. The molecular formula is C14H15NO. The molecule has 0 radical (unpaired) electrons. The minimum absolute atomic E-state index is 0.264. The number of hydrogen-bond acceptors (Lipinski definition) is 2. The SMILES string of the molecule is C#CCCC(NC)c1coc2ccccc12. The first-order chi connectivity index (χ1) is 7.86. The molecule has 2 heteroatoms. The van der Waals surface area contributed by atoms with E-state index in [2.05, 4.69) is 17.3 Å². The van der Waals surface area contributed by atoms with Crippen molar-refractivity contribution in [1.82, 2.24) is 5.32 Å². The van der Waals surface area contributed by atoms with Crippen LogP contribution >= 0.6 is 0 Å². The topological polar surface area (TPSA) is 25.2 Å². The molecule has 1 aromatic carbocycles. The largest absolute Gasteiger partial charge is 0.464 e. The van der Waals surface area contributed by atoms with E-state index >= 15 is 0 Å². The van der Waals surface area contributed by atoms with Gasteiger partial charge in [-0.1, -0.05) is 18.2 Å². The summed E-state index contributed by atoms with van der Waals surface area (Å²) in [5.41, 5.74) is 2.12. The first kappa shape index (κ1) is 10.8. The van der Waals surface area contributed by atoms with Crippen molar-refractivity contribution in [2.75, 3.05) is 7.05 Å². The third-order valence-corrected chi connectivity index (χ3v) is 2.81. The summed E-state index contributed by atoms with van der Waals surface area (Å²) in [7, 11) is 1.95. The van der Waals surface area contributed by atoms with Crippen LogP contribution in [0, 0.1) is 12.3 Å². The Morgan fingerprint density at radius 1 is 1.44 bits per heavy atom. The van der Waals surface area contributed by atoms with Crippen molar-refractivity contribution in [3.63, 3.8) is 0 Å². The molecule has 0 saturated carbocycles. The van der Waals surface area contributed by atoms with Crippen LogP contribution in [0.15, 0.2) is 34.9 Å². The van der Waals surface area contributed by atoms with Crippen molar-refractivity contribution in [2.24, 2.45) is 0 Å². The van der Waals surface area contributed by atoms with Crippen LogP contribution in [0.25, 0.3) is 11.0 Å². The molecule has 82 valence electrons. The highest BCUT2D eigenvalue weighted by molar-refractivity contribution is 5.81. The summed E-state index contributed by atoms with van der Waals surface area (Å²) in [6.07, 6.45) is 8.81. The van der Waals surface area contributed by atoms with Gasteiger partial charge in [-0.3, -0.25) is 0 Å². The van der Waals surface area contributed by atoms with Crippen LogP contribution in [0.5, 0.6) is 0 Å². The van der Waals surface area contributed by atoms with Gasteiger partial charge in [-0.2, -0.15) is 0 Å². The van der Waals surface area contributed by atoms with Crippen molar-refractivity contribution < 1.29 is 4.42 Å². The monoisotopic (exact) mass is 213 g/mol. The number of benzene rings is 1. The predicted molar refractivity (Wildman–Crippen MR) is 66.1 cm³/mol. The molecule has 1 heterocycles. The standard InChI is InChI=1S/C14H15NO/c1-3-4-8-13(15-2)12-10-16-14-9-6-5-7-11(12)14/h1,5-7,9-10,13,15H,4,8H2,2H3. The first-order valence-electron chi connectivity index (χ1n) is 5.43. The zero-order valence-electron chi connectivity index (χ0n) is 9.36. The van der Waals surface area contributed by atoms with Gasteiger partial charge in [0.25, 0.3) is 0 Å². The van der Waals surface area contributed by atoms with Crippen LogP contribution in [0.4, 0.5) is 0 Å². The summed E-state index contributed by atoms with van der Waals surface area (Å²) in [6, 6.07) is 8.32. The van der Waals surface area contributed by atoms with E-state index in [1.54, 1.807) is 0 Å². The van der Waals surface area contributed by atoms with Gasteiger partial charge in [0.05, 0.1) is 6.26 Å². The normalized spacial score (nSPS) is 12.5. The zero-order chi connectivity index (χ0) is 11.4. The van der Waals surface area contributed by atoms with E-state index in [4.69, 9.17) is 10.8 Å². The van der Waals surface area contributed by atoms with E-state index in [0.29, 0.717) is 0 Å². The second kappa shape index (κ2) is 4.87. The van der Waals surface area contributed by atoms with Gasteiger partial charge in [0.2, 0.25) is 0 Å². The Morgan fingerprint density at radius 3 is 3.00 bits per heavy atom. The third-order valence-electron chi connectivity index (χ3n) is 2.81. The lowest BCUT2D eigenvalue weighted by Gasteiger charge is -2.13. The van der Waals surface area contributed by atoms with Crippen LogP contribution in [0.1, 0.15) is 24.4 Å². The van der Waals surface area contributed by atoms with Gasteiger partial charge in [0.1, 0.15) is 5.58 Å². The molecule has 0 amide bonds. The minimum Gasteiger partial charge on any atom is -0.464 e. The molecule has 0 aliphatic carbocycles. The van der Waals surface area contributed by atoms with E-state index < -0.39 is 0 Å². The van der Waals surface area contributed by atoms with Gasteiger partial charge in [0, 0.05) is 23.4 Å². The number of fused-ring (bicyclic) bond motifs is 1. The molecule has 0 spiro atoms. The molecule has 2 aromatic rings. The highest BCUT2D eigenvalue weighted by Crippen LogP contribution is 2.28. The van der Waals surface area contributed by atoms with Crippen molar-refractivity contribution in [3.8, 4) is 12.3 Å². The Balaban J connectivity index is 2.34. The Hall–Kier alpha value is -1.72. The Kier molecular flexibility index (Phi) is 3.28. The molecule has 2 nitrogen and oxygen atoms in total. The average Bonchev–Trinajstić information content (AvgIpc) is 2.75. The molecule has 0 aliphatic heterocycles. The van der Waals surface area contributed by atoms with Crippen molar-refractivity contribution in [1.29, 1.82) is 0 Å². The summed E-state index contributed by atoms with van der Waals surface area (Å²) in [5.74, 6) is 2.67. The lowest BCUT2D eigenvalue weighted by atomic mass is 10.0. The van der Waals surface area contributed by atoms with Gasteiger partial charge >= 0.3 is 0 Å². The second-order valence-electron chi connectivity index (χ2n) is 3.77. The molecule has 1 aromatic heterocycles. The van der Waals surface area contributed by atoms with Gasteiger partial charge in [0.15, 0.2) is 0 Å².